The highest BCUT2D eigenvalue weighted by Gasteiger charge is 2.32. The van der Waals surface area contributed by atoms with Crippen LogP contribution < -0.4 is 5.32 Å². The van der Waals surface area contributed by atoms with E-state index in [1.807, 2.05) is 0 Å². The number of amides is 1. The molecule has 1 saturated heterocycles. The standard InChI is InChI=1S/C11H22N2O2/c1-11(2,8-12-10(14)15)9-5-4-6-13(3)7-9/h9,12H,4-8H2,1-3H3,(H,14,15). The number of likely N-dealkylation sites (tertiary alicyclic amines) is 1. The van der Waals surface area contributed by atoms with E-state index in [-0.39, 0.29) is 5.41 Å². The summed E-state index contributed by atoms with van der Waals surface area (Å²) in [5, 5.41) is 11.1. The van der Waals surface area contributed by atoms with Crippen LogP contribution in [-0.4, -0.2) is 42.8 Å². The molecule has 0 aromatic rings. The summed E-state index contributed by atoms with van der Waals surface area (Å²) in [6, 6.07) is 0. The highest BCUT2D eigenvalue weighted by atomic mass is 16.4. The van der Waals surface area contributed by atoms with Crippen LogP contribution >= 0.6 is 0 Å². The zero-order valence-corrected chi connectivity index (χ0v) is 9.92. The van der Waals surface area contributed by atoms with Gasteiger partial charge in [-0.05, 0) is 37.8 Å². The molecule has 1 amide bonds. The third-order valence-electron chi connectivity index (χ3n) is 3.42. The molecule has 2 N–H and O–H groups in total. The predicted octanol–water partition coefficient (Wildman–Crippen LogP) is 1.62. The van der Waals surface area contributed by atoms with E-state index in [4.69, 9.17) is 5.11 Å². The van der Waals surface area contributed by atoms with E-state index < -0.39 is 6.09 Å². The minimum Gasteiger partial charge on any atom is -0.465 e. The molecule has 4 heteroatoms. The molecule has 1 rings (SSSR count). The third kappa shape index (κ3) is 3.70. The van der Waals surface area contributed by atoms with E-state index in [1.165, 1.54) is 19.4 Å². The zero-order chi connectivity index (χ0) is 11.5. The number of hydrogen-bond acceptors (Lipinski definition) is 2. The molecule has 0 radical (unpaired) electrons. The fourth-order valence-corrected chi connectivity index (χ4v) is 2.25. The Bertz CT molecular complexity index is 229. The smallest absolute Gasteiger partial charge is 0.404 e. The average Bonchev–Trinajstić information content (AvgIpc) is 2.15. The minimum absolute atomic E-state index is 0.0487. The summed E-state index contributed by atoms with van der Waals surface area (Å²) < 4.78 is 0. The molecule has 0 aromatic carbocycles. The second kappa shape index (κ2) is 4.84. The molecule has 15 heavy (non-hydrogen) atoms. The lowest BCUT2D eigenvalue weighted by Crippen LogP contribution is -2.44. The van der Waals surface area contributed by atoms with Crippen molar-refractivity contribution < 1.29 is 9.90 Å². The number of rotatable bonds is 3. The van der Waals surface area contributed by atoms with E-state index in [0.29, 0.717) is 12.5 Å². The van der Waals surface area contributed by atoms with Gasteiger partial charge in [0.15, 0.2) is 0 Å². The molecule has 0 saturated carbocycles. The van der Waals surface area contributed by atoms with Crippen LogP contribution in [0.1, 0.15) is 26.7 Å². The summed E-state index contributed by atoms with van der Waals surface area (Å²) in [4.78, 5) is 12.8. The van der Waals surface area contributed by atoms with Crippen LogP contribution in [0.4, 0.5) is 4.79 Å². The van der Waals surface area contributed by atoms with Gasteiger partial charge in [-0.25, -0.2) is 4.79 Å². The normalized spacial score (nSPS) is 23.8. The third-order valence-corrected chi connectivity index (χ3v) is 3.42. The van der Waals surface area contributed by atoms with Crippen molar-refractivity contribution >= 4 is 6.09 Å². The Morgan fingerprint density at radius 3 is 2.80 bits per heavy atom. The van der Waals surface area contributed by atoms with Gasteiger partial charge in [-0.1, -0.05) is 13.8 Å². The molecule has 1 unspecified atom stereocenters. The summed E-state index contributed by atoms with van der Waals surface area (Å²) in [6.07, 6.45) is 1.50. The van der Waals surface area contributed by atoms with Crippen molar-refractivity contribution in [2.45, 2.75) is 26.7 Å². The van der Waals surface area contributed by atoms with Crippen molar-refractivity contribution in [3.8, 4) is 0 Å². The quantitative estimate of drug-likeness (QED) is 0.750. The van der Waals surface area contributed by atoms with E-state index in [1.54, 1.807) is 0 Å². The number of nitrogens with one attached hydrogen (secondary N) is 1. The van der Waals surface area contributed by atoms with Crippen LogP contribution in [0.25, 0.3) is 0 Å². The predicted molar refractivity (Wildman–Crippen MR) is 60.0 cm³/mol. The van der Waals surface area contributed by atoms with Crippen molar-refractivity contribution in [2.75, 3.05) is 26.7 Å². The Labute approximate surface area is 91.6 Å². The van der Waals surface area contributed by atoms with Gasteiger partial charge in [0.25, 0.3) is 0 Å². The van der Waals surface area contributed by atoms with Crippen molar-refractivity contribution in [1.29, 1.82) is 0 Å². The Morgan fingerprint density at radius 2 is 2.27 bits per heavy atom. The lowest BCUT2D eigenvalue weighted by Gasteiger charge is -2.40. The first kappa shape index (κ1) is 12.3. The summed E-state index contributed by atoms with van der Waals surface area (Å²) in [5.41, 5.74) is 0.0487. The van der Waals surface area contributed by atoms with Gasteiger partial charge in [-0.2, -0.15) is 0 Å². The van der Waals surface area contributed by atoms with Crippen molar-refractivity contribution in [1.82, 2.24) is 10.2 Å². The Balaban J connectivity index is 2.47. The lowest BCUT2D eigenvalue weighted by molar-refractivity contribution is 0.101. The van der Waals surface area contributed by atoms with Crippen LogP contribution in [0.2, 0.25) is 0 Å². The summed E-state index contributed by atoms with van der Waals surface area (Å²) >= 11 is 0. The second-order valence-electron chi connectivity index (χ2n) is 5.25. The zero-order valence-electron chi connectivity index (χ0n) is 9.92. The highest BCUT2D eigenvalue weighted by Crippen LogP contribution is 2.32. The van der Waals surface area contributed by atoms with Crippen molar-refractivity contribution in [3.05, 3.63) is 0 Å². The Hall–Kier alpha value is -0.770. The lowest BCUT2D eigenvalue weighted by atomic mass is 9.74. The molecule has 0 aromatic heterocycles. The van der Waals surface area contributed by atoms with Gasteiger partial charge >= 0.3 is 6.09 Å². The number of nitrogens with zero attached hydrogens (tertiary/aromatic N) is 1. The molecule has 1 fully saturated rings. The molecule has 0 aliphatic carbocycles. The van der Waals surface area contributed by atoms with Crippen molar-refractivity contribution in [3.63, 3.8) is 0 Å². The number of piperidine rings is 1. The molecule has 1 aliphatic heterocycles. The first-order valence-corrected chi connectivity index (χ1v) is 5.57. The first-order chi connectivity index (χ1) is 6.92. The van der Waals surface area contributed by atoms with E-state index in [9.17, 15) is 4.79 Å². The fraction of sp³-hybridized carbons (Fsp3) is 0.909. The molecule has 4 nitrogen and oxygen atoms in total. The fourth-order valence-electron chi connectivity index (χ4n) is 2.25. The van der Waals surface area contributed by atoms with Gasteiger partial charge in [-0.3, -0.25) is 0 Å². The molecular weight excluding hydrogens is 192 g/mol. The van der Waals surface area contributed by atoms with Crippen LogP contribution in [0.5, 0.6) is 0 Å². The average molecular weight is 214 g/mol. The molecule has 0 bridgehead atoms. The van der Waals surface area contributed by atoms with Crippen LogP contribution in [0.15, 0.2) is 0 Å². The topological polar surface area (TPSA) is 52.6 Å². The van der Waals surface area contributed by atoms with Crippen LogP contribution in [-0.2, 0) is 0 Å². The molecule has 1 heterocycles. The van der Waals surface area contributed by atoms with Gasteiger partial charge in [-0.15, -0.1) is 0 Å². The molecule has 1 aliphatic rings. The van der Waals surface area contributed by atoms with Gasteiger partial charge < -0.3 is 15.3 Å². The van der Waals surface area contributed by atoms with E-state index in [2.05, 4.69) is 31.1 Å². The number of carbonyl (C=O) groups is 1. The summed E-state index contributed by atoms with van der Waals surface area (Å²) in [5.74, 6) is 0.586. The van der Waals surface area contributed by atoms with Gasteiger partial charge in [0, 0.05) is 13.1 Å². The van der Waals surface area contributed by atoms with Gasteiger partial charge in [0.1, 0.15) is 0 Å². The van der Waals surface area contributed by atoms with Gasteiger partial charge in [0.05, 0.1) is 0 Å². The first-order valence-electron chi connectivity index (χ1n) is 5.57. The molecule has 1 atom stereocenters. The minimum atomic E-state index is -0.924. The highest BCUT2D eigenvalue weighted by molar-refractivity contribution is 5.64. The largest absolute Gasteiger partial charge is 0.465 e. The maximum absolute atomic E-state index is 10.5. The SMILES string of the molecule is CN1CCCC(C(C)(C)CNC(=O)O)C1. The van der Waals surface area contributed by atoms with Crippen LogP contribution in [0.3, 0.4) is 0 Å². The number of hydrogen-bond donors (Lipinski definition) is 2. The van der Waals surface area contributed by atoms with Crippen LogP contribution in [0, 0.1) is 11.3 Å². The Morgan fingerprint density at radius 1 is 1.60 bits per heavy atom. The van der Waals surface area contributed by atoms with Gasteiger partial charge in [0.2, 0.25) is 0 Å². The molecule has 0 spiro atoms. The summed E-state index contributed by atoms with van der Waals surface area (Å²) in [6.45, 7) is 7.08. The van der Waals surface area contributed by atoms with E-state index in [0.717, 1.165) is 6.54 Å². The monoisotopic (exact) mass is 214 g/mol. The Kier molecular flexibility index (Phi) is 3.97. The molecule has 88 valence electrons. The maximum Gasteiger partial charge on any atom is 0.404 e. The van der Waals surface area contributed by atoms with E-state index >= 15 is 0 Å². The van der Waals surface area contributed by atoms with Crippen molar-refractivity contribution in [2.24, 2.45) is 11.3 Å². The second-order valence-corrected chi connectivity index (χ2v) is 5.25. The summed E-state index contributed by atoms with van der Waals surface area (Å²) in [7, 11) is 2.13. The molecular formula is C11H22N2O2. The number of carboxylic acid groups (broad SMARTS) is 1. The maximum atomic E-state index is 10.5.